The molecule has 0 unspecified atom stereocenters. The van der Waals surface area contributed by atoms with E-state index in [2.05, 4.69) is 15.0 Å². The number of primary sulfonamides is 1. The Kier molecular flexibility index (Phi) is 6.72. The summed E-state index contributed by atoms with van der Waals surface area (Å²) < 4.78 is 51.2. The zero-order chi connectivity index (χ0) is 23.6. The van der Waals surface area contributed by atoms with Crippen LogP contribution in [0.25, 0.3) is 0 Å². The van der Waals surface area contributed by atoms with Crippen LogP contribution < -0.4 is 15.8 Å². The molecule has 172 valence electrons. The summed E-state index contributed by atoms with van der Waals surface area (Å²) in [7, 11) is -7.50. The van der Waals surface area contributed by atoms with E-state index in [1.807, 2.05) is 13.8 Å². The van der Waals surface area contributed by atoms with Crippen LogP contribution in [0.15, 0.2) is 62.7 Å². The molecule has 0 aliphatic carbocycles. The van der Waals surface area contributed by atoms with Crippen molar-refractivity contribution in [1.29, 1.82) is 0 Å². The van der Waals surface area contributed by atoms with Crippen molar-refractivity contribution in [3.63, 3.8) is 0 Å². The predicted molar refractivity (Wildman–Crippen MR) is 122 cm³/mol. The molecule has 2 aromatic rings. The van der Waals surface area contributed by atoms with E-state index in [9.17, 15) is 21.6 Å². The molecular formula is C21H26N4O5S2. The van der Waals surface area contributed by atoms with Crippen molar-refractivity contribution in [3.8, 4) is 0 Å². The molecule has 4 N–H and O–H groups in total. The van der Waals surface area contributed by atoms with Crippen molar-refractivity contribution < 1.29 is 21.6 Å². The Morgan fingerprint density at radius 2 is 1.78 bits per heavy atom. The lowest BCUT2D eigenvalue weighted by molar-refractivity contribution is -0.122. The average molecular weight is 479 g/mol. The van der Waals surface area contributed by atoms with Crippen LogP contribution in [0, 0.1) is 5.41 Å². The number of nitrogens with one attached hydrogen (secondary N) is 2. The van der Waals surface area contributed by atoms with Crippen molar-refractivity contribution >= 4 is 37.5 Å². The minimum absolute atomic E-state index is 0.0379. The van der Waals surface area contributed by atoms with Gasteiger partial charge in [0.05, 0.1) is 10.6 Å². The fraction of sp³-hybridized carbons (Fsp3) is 0.333. The Balaban J connectivity index is 1.53. The fourth-order valence-electron chi connectivity index (χ4n) is 3.45. The van der Waals surface area contributed by atoms with Crippen LogP contribution in [0.2, 0.25) is 0 Å². The van der Waals surface area contributed by atoms with Gasteiger partial charge in [0.1, 0.15) is 10.7 Å². The van der Waals surface area contributed by atoms with Crippen molar-refractivity contribution in [2.75, 3.05) is 11.9 Å². The number of anilines is 1. The van der Waals surface area contributed by atoms with E-state index in [1.54, 1.807) is 30.3 Å². The Bertz CT molecular complexity index is 1250. The van der Waals surface area contributed by atoms with Crippen LogP contribution in [0.3, 0.4) is 0 Å². The van der Waals surface area contributed by atoms with Gasteiger partial charge in [-0.2, -0.15) is 8.42 Å². The molecule has 0 bridgehead atoms. The number of hydrogen-bond acceptors (Lipinski definition) is 6. The number of para-hydroxylation sites is 1. The van der Waals surface area contributed by atoms with Gasteiger partial charge in [0, 0.05) is 19.4 Å². The van der Waals surface area contributed by atoms with E-state index in [1.165, 1.54) is 18.2 Å². The van der Waals surface area contributed by atoms with Crippen molar-refractivity contribution in [3.05, 3.63) is 54.1 Å². The molecule has 3 rings (SSSR count). The first-order valence-electron chi connectivity index (χ1n) is 9.94. The van der Waals surface area contributed by atoms with Gasteiger partial charge in [-0.15, -0.1) is 4.40 Å². The highest BCUT2D eigenvalue weighted by Gasteiger charge is 2.29. The third-order valence-corrected chi connectivity index (χ3v) is 7.25. The summed E-state index contributed by atoms with van der Waals surface area (Å²) in [6, 6.07) is 12.7. The molecule has 0 saturated carbocycles. The number of carbonyl (C=O) groups is 1. The third kappa shape index (κ3) is 6.15. The second-order valence-electron chi connectivity index (χ2n) is 8.44. The van der Waals surface area contributed by atoms with Gasteiger partial charge in [-0.1, -0.05) is 38.1 Å². The molecule has 9 nitrogen and oxygen atoms in total. The summed E-state index contributed by atoms with van der Waals surface area (Å²) in [5.41, 5.74) is 0.808. The van der Waals surface area contributed by atoms with Gasteiger partial charge < -0.3 is 10.6 Å². The summed E-state index contributed by atoms with van der Waals surface area (Å²) in [5.74, 6) is 0.132. The van der Waals surface area contributed by atoms with E-state index in [4.69, 9.17) is 5.14 Å². The minimum atomic E-state index is -3.77. The first-order chi connectivity index (χ1) is 14.9. The quantitative estimate of drug-likeness (QED) is 0.529. The van der Waals surface area contributed by atoms with E-state index < -0.39 is 25.5 Å². The monoisotopic (exact) mass is 478 g/mol. The van der Waals surface area contributed by atoms with Gasteiger partial charge in [-0.3, -0.25) is 4.79 Å². The van der Waals surface area contributed by atoms with E-state index >= 15 is 0 Å². The molecule has 0 atom stereocenters. The first-order valence-corrected chi connectivity index (χ1v) is 12.9. The first kappa shape index (κ1) is 23.9. The number of amides is 1. The van der Waals surface area contributed by atoms with Gasteiger partial charge in [0.2, 0.25) is 15.9 Å². The smallest absolute Gasteiger partial charge is 0.286 e. The third-order valence-electron chi connectivity index (χ3n) is 4.95. The zero-order valence-electron chi connectivity index (χ0n) is 17.8. The summed E-state index contributed by atoms with van der Waals surface area (Å²) in [6.07, 6.45) is 0.989. The molecule has 0 aromatic heterocycles. The molecule has 11 heteroatoms. The van der Waals surface area contributed by atoms with Gasteiger partial charge in [0.25, 0.3) is 10.0 Å². The summed E-state index contributed by atoms with van der Waals surface area (Å²) in [4.78, 5) is 12.6. The van der Waals surface area contributed by atoms with Crippen LogP contribution in [-0.2, 0) is 31.3 Å². The molecule has 32 heavy (non-hydrogen) atoms. The predicted octanol–water partition coefficient (Wildman–Crippen LogP) is 2.01. The van der Waals surface area contributed by atoms with Crippen molar-refractivity contribution in [2.24, 2.45) is 15.0 Å². The molecule has 0 spiro atoms. The molecule has 2 aromatic carbocycles. The summed E-state index contributed by atoms with van der Waals surface area (Å²) >= 11 is 0. The average Bonchev–Trinajstić information content (AvgIpc) is 2.66. The fourth-order valence-corrected chi connectivity index (χ4v) is 5.11. The number of nitrogens with two attached hydrogens (primary N) is 1. The molecule has 1 heterocycles. The molecular weight excluding hydrogens is 452 g/mol. The van der Waals surface area contributed by atoms with Crippen molar-refractivity contribution in [2.45, 2.75) is 42.9 Å². The van der Waals surface area contributed by atoms with E-state index in [0.29, 0.717) is 24.5 Å². The lowest BCUT2D eigenvalue weighted by Crippen LogP contribution is -2.33. The standard InChI is InChI=1S/C21H26N4O5S2/c1-21(2,13-19-24-17-5-3-4-6-18(17)32(29,30)25-19)14-20(26)23-12-11-15-7-9-16(10-8-15)31(22,27)28/h3-10H,11-14H2,1-2H3,(H,23,26)(H,24,25)(H2,22,27,28). The van der Waals surface area contributed by atoms with Crippen LogP contribution in [0.5, 0.6) is 0 Å². The van der Waals surface area contributed by atoms with Crippen LogP contribution in [0.4, 0.5) is 5.69 Å². The summed E-state index contributed by atoms with van der Waals surface area (Å²) in [5, 5.41) is 11.0. The van der Waals surface area contributed by atoms with Crippen LogP contribution in [0.1, 0.15) is 32.3 Å². The van der Waals surface area contributed by atoms with E-state index in [0.717, 1.165) is 5.56 Å². The lowest BCUT2D eigenvalue weighted by Gasteiger charge is -2.27. The second kappa shape index (κ2) is 9.00. The maximum absolute atomic E-state index is 12.4. The Morgan fingerprint density at radius 1 is 1.12 bits per heavy atom. The minimum Gasteiger partial charge on any atom is -0.356 e. The van der Waals surface area contributed by atoms with Gasteiger partial charge >= 0.3 is 0 Å². The van der Waals surface area contributed by atoms with E-state index in [-0.39, 0.29) is 28.5 Å². The zero-order valence-corrected chi connectivity index (χ0v) is 19.5. The number of carbonyl (C=O) groups excluding carboxylic acids is 1. The van der Waals surface area contributed by atoms with Gasteiger partial charge in [-0.05, 0) is 41.7 Å². The number of hydrogen-bond donors (Lipinski definition) is 3. The molecule has 0 saturated heterocycles. The number of nitrogens with zero attached hydrogens (tertiary/aromatic N) is 1. The molecule has 1 aliphatic rings. The normalized spacial score (nSPS) is 15.3. The molecule has 0 radical (unpaired) electrons. The maximum Gasteiger partial charge on any atom is 0.286 e. The largest absolute Gasteiger partial charge is 0.356 e. The summed E-state index contributed by atoms with van der Waals surface area (Å²) in [6.45, 7) is 4.12. The molecule has 0 fully saturated rings. The Morgan fingerprint density at radius 3 is 2.44 bits per heavy atom. The molecule has 1 aliphatic heterocycles. The highest BCUT2D eigenvalue weighted by molar-refractivity contribution is 7.90. The topological polar surface area (TPSA) is 148 Å². The number of sulfonamides is 2. The lowest BCUT2D eigenvalue weighted by atomic mass is 9.84. The van der Waals surface area contributed by atoms with Gasteiger partial charge in [0.15, 0.2) is 0 Å². The Hall–Kier alpha value is -2.76. The van der Waals surface area contributed by atoms with Crippen LogP contribution >= 0.6 is 0 Å². The Labute approximate surface area is 188 Å². The highest BCUT2D eigenvalue weighted by Crippen LogP contribution is 2.31. The molecule has 1 amide bonds. The number of fused-ring (bicyclic) bond motifs is 1. The number of amidine groups is 1. The van der Waals surface area contributed by atoms with Crippen LogP contribution in [-0.4, -0.2) is 35.1 Å². The SMILES string of the molecule is CC(C)(CC(=O)NCCc1ccc(S(N)(=O)=O)cc1)CC1=NS(=O)(=O)c2ccccc2N1. The second-order valence-corrected chi connectivity index (χ2v) is 11.6. The number of benzene rings is 2. The highest BCUT2D eigenvalue weighted by atomic mass is 32.2. The van der Waals surface area contributed by atoms with Crippen molar-refractivity contribution in [1.82, 2.24) is 5.32 Å². The number of rotatable bonds is 8. The maximum atomic E-state index is 12.4. The van der Waals surface area contributed by atoms with Gasteiger partial charge in [-0.25, -0.2) is 13.6 Å².